The highest BCUT2D eigenvalue weighted by atomic mass is 35.5. The van der Waals surface area contributed by atoms with Crippen LogP contribution >= 0.6 is 11.6 Å². The highest BCUT2D eigenvalue weighted by Crippen LogP contribution is 2.27. The number of hydrogen-bond donors (Lipinski definition) is 2. The van der Waals surface area contributed by atoms with Crippen molar-refractivity contribution < 1.29 is 9.53 Å². The van der Waals surface area contributed by atoms with Gasteiger partial charge in [0.05, 0.1) is 17.8 Å². The van der Waals surface area contributed by atoms with Gasteiger partial charge in [0.15, 0.2) is 11.5 Å². The molecule has 0 aliphatic carbocycles. The topological polar surface area (TPSA) is 95.1 Å². The van der Waals surface area contributed by atoms with Crippen molar-refractivity contribution in [3.05, 3.63) is 59.2 Å². The number of nitrogens with zero attached hydrogens (tertiary/aromatic N) is 3. The van der Waals surface area contributed by atoms with E-state index < -0.39 is 5.91 Å². The van der Waals surface area contributed by atoms with Crippen LogP contribution in [0.1, 0.15) is 10.5 Å². The Balaban J connectivity index is 1.84. The van der Waals surface area contributed by atoms with E-state index in [9.17, 15) is 4.79 Å². The molecule has 8 heteroatoms. The third-order valence-corrected chi connectivity index (χ3v) is 3.63. The molecule has 0 atom stereocenters. The molecule has 3 aromatic rings. The Morgan fingerprint density at radius 1 is 1.25 bits per heavy atom. The Morgan fingerprint density at radius 3 is 2.67 bits per heavy atom. The van der Waals surface area contributed by atoms with E-state index in [1.807, 2.05) is 30.3 Å². The fourth-order valence-corrected chi connectivity index (χ4v) is 2.40. The number of nitrogens with two attached hydrogens (primary N) is 1. The summed E-state index contributed by atoms with van der Waals surface area (Å²) in [5.41, 5.74) is 7.25. The molecule has 1 heterocycles. The monoisotopic (exact) mass is 343 g/mol. The smallest absolute Gasteiger partial charge is 0.280 e. The van der Waals surface area contributed by atoms with Crippen molar-refractivity contribution in [3.8, 4) is 11.4 Å². The number of anilines is 2. The maximum Gasteiger partial charge on any atom is 0.280 e. The van der Waals surface area contributed by atoms with E-state index in [1.165, 1.54) is 11.8 Å². The maximum absolute atomic E-state index is 12.4. The number of para-hydroxylation sites is 1. The first kappa shape index (κ1) is 15.8. The van der Waals surface area contributed by atoms with Crippen molar-refractivity contribution in [2.24, 2.45) is 0 Å². The van der Waals surface area contributed by atoms with Crippen LogP contribution in [0, 0.1) is 0 Å². The van der Waals surface area contributed by atoms with Gasteiger partial charge >= 0.3 is 0 Å². The van der Waals surface area contributed by atoms with E-state index in [0.717, 1.165) is 0 Å². The zero-order valence-electron chi connectivity index (χ0n) is 12.7. The largest absolute Gasteiger partial charge is 0.495 e. The number of halogens is 1. The van der Waals surface area contributed by atoms with Crippen molar-refractivity contribution >= 4 is 29.0 Å². The highest BCUT2D eigenvalue weighted by molar-refractivity contribution is 6.32. The summed E-state index contributed by atoms with van der Waals surface area (Å²) in [4.78, 5) is 12.4. The molecule has 3 N–H and O–H groups in total. The van der Waals surface area contributed by atoms with Gasteiger partial charge < -0.3 is 15.8 Å². The van der Waals surface area contributed by atoms with Crippen molar-refractivity contribution in [2.45, 2.75) is 0 Å². The minimum Gasteiger partial charge on any atom is -0.495 e. The van der Waals surface area contributed by atoms with Gasteiger partial charge in [-0.2, -0.15) is 4.68 Å². The standard InChI is InChI=1S/C16H14ClN5O2/c1-24-13-8-7-10(9-12(13)17)19-16(23)14-15(18)22(21-20-14)11-5-3-2-4-6-11/h2-9H,18H2,1H3,(H,19,23). The van der Waals surface area contributed by atoms with E-state index in [-0.39, 0.29) is 11.5 Å². The number of carbonyl (C=O) groups excluding carboxylic acids is 1. The number of rotatable bonds is 4. The average molecular weight is 344 g/mol. The fraction of sp³-hybridized carbons (Fsp3) is 0.0625. The second-order valence-electron chi connectivity index (χ2n) is 4.87. The highest BCUT2D eigenvalue weighted by Gasteiger charge is 2.18. The quantitative estimate of drug-likeness (QED) is 0.759. The second-order valence-corrected chi connectivity index (χ2v) is 5.28. The zero-order valence-corrected chi connectivity index (χ0v) is 13.5. The lowest BCUT2D eigenvalue weighted by molar-refractivity contribution is 0.102. The second kappa shape index (κ2) is 6.59. The molecule has 0 spiro atoms. The third kappa shape index (κ3) is 3.02. The molecule has 1 aromatic heterocycles. The fourth-order valence-electron chi connectivity index (χ4n) is 2.15. The zero-order chi connectivity index (χ0) is 17.1. The van der Waals surface area contributed by atoms with Crippen LogP contribution in [0.4, 0.5) is 11.5 Å². The van der Waals surface area contributed by atoms with E-state index >= 15 is 0 Å². The van der Waals surface area contributed by atoms with Crippen LogP contribution in [0.5, 0.6) is 5.75 Å². The molecule has 0 saturated heterocycles. The lowest BCUT2D eigenvalue weighted by Gasteiger charge is -2.07. The molecule has 2 aromatic carbocycles. The Kier molecular flexibility index (Phi) is 4.35. The molecular formula is C16H14ClN5O2. The molecule has 0 fully saturated rings. The van der Waals surface area contributed by atoms with E-state index in [4.69, 9.17) is 22.1 Å². The summed E-state index contributed by atoms with van der Waals surface area (Å²) in [5.74, 6) is 0.193. The van der Waals surface area contributed by atoms with Gasteiger partial charge in [-0.05, 0) is 30.3 Å². The summed E-state index contributed by atoms with van der Waals surface area (Å²) in [6.07, 6.45) is 0. The Bertz CT molecular complexity index is 879. The maximum atomic E-state index is 12.4. The molecule has 1 amide bonds. The lowest BCUT2D eigenvalue weighted by atomic mass is 10.3. The first-order valence-corrected chi connectivity index (χ1v) is 7.39. The molecule has 7 nitrogen and oxygen atoms in total. The molecule has 122 valence electrons. The van der Waals surface area contributed by atoms with Gasteiger partial charge in [0, 0.05) is 5.69 Å². The van der Waals surface area contributed by atoms with Crippen LogP contribution < -0.4 is 15.8 Å². The van der Waals surface area contributed by atoms with Gasteiger partial charge in [0.2, 0.25) is 0 Å². The molecule has 0 unspecified atom stereocenters. The van der Waals surface area contributed by atoms with Crippen LogP contribution in [0.15, 0.2) is 48.5 Å². The normalized spacial score (nSPS) is 10.4. The average Bonchev–Trinajstić information content (AvgIpc) is 2.97. The molecule has 0 aliphatic rings. The Labute approximate surface area is 143 Å². The van der Waals surface area contributed by atoms with E-state index in [0.29, 0.717) is 22.1 Å². The van der Waals surface area contributed by atoms with Crippen LogP contribution in [-0.4, -0.2) is 28.0 Å². The minimum atomic E-state index is -0.476. The molecule has 0 radical (unpaired) electrons. The number of benzene rings is 2. The number of ether oxygens (including phenoxy) is 1. The van der Waals surface area contributed by atoms with Crippen LogP contribution in [0.25, 0.3) is 5.69 Å². The van der Waals surface area contributed by atoms with Gasteiger partial charge in [0.1, 0.15) is 5.75 Å². The first-order valence-electron chi connectivity index (χ1n) is 7.01. The summed E-state index contributed by atoms with van der Waals surface area (Å²) in [5, 5.41) is 10.9. The van der Waals surface area contributed by atoms with Gasteiger partial charge in [-0.3, -0.25) is 4.79 Å². The summed E-state index contributed by atoms with van der Waals surface area (Å²) in [6.45, 7) is 0. The minimum absolute atomic E-state index is 0.0331. The number of nitrogens with one attached hydrogen (secondary N) is 1. The Morgan fingerprint density at radius 2 is 2.00 bits per heavy atom. The SMILES string of the molecule is COc1ccc(NC(=O)c2nnn(-c3ccccc3)c2N)cc1Cl. The number of amides is 1. The van der Waals surface area contributed by atoms with Crippen molar-refractivity contribution in [1.29, 1.82) is 0 Å². The van der Waals surface area contributed by atoms with Crippen molar-refractivity contribution in [2.75, 3.05) is 18.2 Å². The molecular weight excluding hydrogens is 330 g/mol. The first-order chi connectivity index (χ1) is 11.6. The molecule has 0 saturated carbocycles. The van der Waals surface area contributed by atoms with Crippen LogP contribution in [0.3, 0.4) is 0 Å². The molecule has 0 aliphatic heterocycles. The predicted molar refractivity (Wildman–Crippen MR) is 91.7 cm³/mol. The van der Waals surface area contributed by atoms with Gasteiger partial charge in [-0.15, -0.1) is 5.10 Å². The number of carbonyl (C=O) groups is 1. The van der Waals surface area contributed by atoms with Crippen LogP contribution in [0.2, 0.25) is 5.02 Å². The van der Waals surface area contributed by atoms with Crippen LogP contribution in [-0.2, 0) is 0 Å². The third-order valence-electron chi connectivity index (χ3n) is 3.33. The predicted octanol–water partition coefficient (Wildman–Crippen LogP) is 2.76. The molecule has 24 heavy (non-hydrogen) atoms. The summed E-state index contributed by atoms with van der Waals surface area (Å²) < 4.78 is 6.47. The number of methoxy groups -OCH3 is 1. The lowest BCUT2D eigenvalue weighted by Crippen LogP contribution is -2.15. The number of hydrogen-bond acceptors (Lipinski definition) is 5. The van der Waals surface area contributed by atoms with Gasteiger partial charge in [0.25, 0.3) is 5.91 Å². The number of aromatic nitrogens is 3. The summed E-state index contributed by atoms with van der Waals surface area (Å²) in [6, 6.07) is 14.1. The summed E-state index contributed by atoms with van der Waals surface area (Å²) >= 11 is 6.04. The van der Waals surface area contributed by atoms with Crippen molar-refractivity contribution in [1.82, 2.24) is 15.0 Å². The molecule has 3 rings (SSSR count). The molecule has 0 bridgehead atoms. The Hall–Kier alpha value is -3.06. The van der Waals surface area contributed by atoms with Gasteiger partial charge in [-0.1, -0.05) is 35.0 Å². The summed E-state index contributed by atoms with van der Waals surface area (Å²) in [7, 11) is 1.52. The van der Waals surface area contributed by atoms with E-state index in [2.05, 4.69) is 15.6 Å². The number of nitrogen functional groups attached to an aromatic ring is 1. The van der Waals surface area contributed by atoms with Crippen molar-refractivity contribution in [3.63, 3.8) is 0 Å². The van der Waals surface area contributed by atoms with Gasteiger partial charge in [-0.25, -0.2) is 0 Å². The van der Waals surface area contributed by atoms with E-state index in [1.54, 1.807) is 18.2 Å².